The van der Waals surface area contributed by atoms with Gasteiger partial charge < -0.3 is 20.1 Å². The van der Waals surface area contributed by atoms with Crippen molar-refractivity contribution in [3.05, 3.63) is 82.9 Å². The Labute approximate surface area is 240 Å². The number of thioether (sulfide) groups is 1. The maximum Gasteiger partial charge on any atom is 0.573 e. The largest absolute Gasteiger partial charge is 0.573 e. The zero-order valence-electron chi connectivity index (χ0n) is 22.7. The van der Waals surface area contributed by atoms with Crippen molar-refractivity contribution < 1.29 is 22.6 Å². The van der Waals surface area contributed by atoms with E-state index in [0.717, 1.165) is 52.0 Å². The second kappa shape index (κ2) is 13.4. The van der Waals surface area contributed by atoms with Crippen LogP contribution in [0.25, 0.3) is 0 Å². The summed E-state index contributed by atoms with van der Waals surface area (Å²) in [5.74, 6) is 1.72. The van der Waals surface area contributed by atoms with Crippen LogP contribution in [-0.2, 0) is 0 Å². The van der Waals surface area contributed by atoms with Crippen molar-refractivity contribution in [2.75, 3.05) is 24.3 Å². The monoisotopic (exact) mass is 582 g/mol. The normalized spacial score (nSPS) is 15.7. The predicted molar refractivity (Wildman–Crippen MR) is 160 cm³/mol. The fourth-order valence-corrected chi connectivity index (χ4v) is 5.06. The number of aliphatic imine (C=N–C) groups is 2. The molecule has 3 aromatic carbocycles. The van der Waals surface area contributed by atoms with Gasteiger partial charge in [-0.05, 0) is 73.4 Å². The number of aryl methyl sites for hydroxylation is 2. The third kappa shape index (κ3) is 8.34. The Morgan fingerprint density at radius 2 is 1.68 bits per heavy atom. The summed E-state index contributed by atoms with van der Waals surface area (Å²) in [6.07, 6.45) is -0.777. The molecule has 0 spiro atoms. The van der Waals surface area contributed by atoms with Gasteiger partial charge in [0.25, 0.3) is 0 Å². The van der Waals surface area contributed by atoms with E-state index in [4.69, 9.17) is 10.5 Å². The lowest BCUT2D eigenvalue weighted by Gasteiger charge is -2.31. The van der Waals surface area contributed by atoms with Crippen molar-refractivity contribution >= 4 is 46.7 Å². The van der Waals surface area contributed by atoms with Crippen LogP contribution < -0.4 is 20.1 Å². The lowest BCUT2D eigenvalue weighted by molar-refractivity contribution is -0.274. The summed E-state index contributed by atoms with van der Waals surface area (Å²) in [5.41, 5.74) is 11.3. The SMILES string of the molecule is COc1cc(C)c(N2CCCS/C2=N/N=C\c2ccc(C(N)=NC=Nc3ccc(OC(F)(F)F)cc3)cc2)c(C)c1. The van der Waals surface area contributed by atoms with Crippen molar-refractivity contribution in [2.24, 2.45) is 25.9 Å². The molecule has 1 saturated heterocycles. The first-order valence-corrected chi connectivity index (χ1v) is 13.6. The number of anilines is 1. The maximum absolute atomic E-state index is 12.3. The molecule has 1 aliphatic rings. The van der Waals surface area contributed by atoms with E-state index < -0.39 is 6.36 Å². The highest BCUT2D eigenvalue weighted by Gasteiger charge is 2.31. The summed E-state index contributed by atoms with van der Waals surface area (Å²) in [5, 5.41) is 9.71. The molecule has 2 N–H and O–H groups in total. The Kier molecular flexibility index (Phi) is 9.66. The van der Waals surface area contributed by atoms with Crippen LogP contribution in [0.5, 0.6) is 11.5 Å². The van der Waals surface area contributed by atoms with Crippen molar-refractivity contribution in [3.63, 3.8) is 0 Å². The third-order valence-corrected chi connectivity index (χ3v) is 7.04. The molecule has 0 aliphatic carbocycles. The first-order valence-electron chi connectivity index (χ1n) is 12.6. The molecule has 4 rings (SSSR count). The first-order chi connectivity index (χ1) is 19.6. The fourth-order valence-electron chi connectivity index (χ4n) is 4.16. The average molecular weight is 583 g/mol. The summed E-state index contributed by atoms with van der Waals surface area (Å²) < 4.78 is 46.1. The van der Waals surface area contributed by atoms with Crippen LogP contribution in [0.3, 0.4) is 0 Å². The van der Waals surface area contributed by atoms with Gasteiger partial charge in [0, 0.05) is 23.5 Å². The predicted octanol–water partition coefficient (Wildman–Crippen LogP) is 6.61. The van der Waals surface area contributed by atoms with Gasteiger partial charge in [0.1, 0.15) is 23.7 Å². The maximum atomic E-state index is 12.3. The molecule has 0 amide bonds. The Hall–Kier alpha value is -4.32. The molecule has 0 radical (unpaired) electrons. The lowest BCUT2D eigenvalue weighted by atomic mass is 10.1. The number of hydrogen-bond donors (Lipinski definition) is 1. The molecule has 12 heteroatoms. The molecule has 8 nitrogen and oxygen atoms in total. The summed E-state index contributed by atoms with van der Waals surface area (Å²) in [6.45, 7) is 5.01. The highest BCUT2D eigenvalue weighted by atomic mass is 32.2. The van der Waals surface area contributed by atoms with Crippen LogP contribution in [-0.4, -0.2) is 49.3 Å². The second-order valence-electron chi connectivity index (χ2n) is 9.01. The molecule has 3 aromatic rings. The topological polar surface area (TPSA) is 97.2 Å². The standard InChI is InChI=1S/C29H29F3N6O2S/c1-19-15-25(39-3)16-20(2)26(19)38-13-4-14-41-28(38)37-36-17-21-5-7-22(8-6-21)27(33)35-18-34-23-9-11-24(12-10-23)40-29(30,31)32/h5-12,15-18H,4,13-14H2,1-3H3,(H2,33,34,35)/b36-17-,37-28+. The van der Waals surface area contributed by atoms with E-state index in [-0.39, 0.29) is 11.6 Å². The molecular formula is C29H29F3N6O2S. The second-order valence-corrected chi connectivity index (χ2v) is 10.1. The van der Waals surface area contributed by atoms with Crippen LogP contribution in [0.1, 0.15) is 28.7 Å². The molecular weight excluding hydrogens is 553 g/mol. The molecule has 1 fully saturated rings. The van der Waals surface area contributed by atoms with E-state index >= 15 is 0 Å². The van der Waals surface area contributed by atoms with Crippen molar-refractivity contribution in [3.8, 4) is 11.5 Å². The first kappa shape index (κ1) is 29.7. The summed E-state index contributed by atoms with van der Waals surface area (Å²) in [6, 6.07) is 16.5. The van der Waals surface area contributed by atoms with E-state index in [9.17, 15) is 13.2 Å². The average Bonchev–Trinajstić information content (AvgIpc) is 2.94. The van der Waals surface area contributed by atoms with Gasteiger partial charge in [-0.2, -0.15) is 5.10 Å². The Balaban J connectivity index is 1.40. The van der Waals surface area contributed by atoms with Gasteiger partial charge in [-0.1, -0.05) is 36.0 Å². The van der Waals surface area contributed by atoms with Crippen LogP contribution in [0.2, 0.25) is 0 Å². The van der Waals surface area contributed by atoms with Gasteiger partial charge in [0.2, 0.25) is 0 Å². The molecule has 0 bridgehead atoms. The minimum absolute atomic E-state index is 0.231. The number of benzene rings is 3. The van der Waals surface area contributed by atoms with Gasteiger partial charge >= 0.3 is 6.36 Å². The number of nitrogens with zero attached hydrogens (tertiary/aromatic N) is 5. The van der Waals surface area contributed by atoms with Crippen molar-refractivity contribution in [1.29, 1.82) is 0 Å². The molecule has 0 unspecified atom stereocenters. The number of amidine groups is 2. The molecule has 41 heavy (non-hydrogen) atoms. The minimum Gasteiger partial charge on any atom is -0.497 e. The fraction of sp³-hybridized carbons (Fsp3) is 0.241. The summed E-state index contributed by atoms with van der Waals surface area (Å²) in [4.78, 5) is 10.4. The zero-order valence-corrected chi connectivity index (χ0v) is 23.5. The Bertz CT molecular complexity index is 1450. The van der Waals surface area contributed by atoms with E-state index in [0.29, 0.717) is 11.3 Å². The number of nitrogens with two attached hydrogens (primary N) is 1. The molecule has 0 aromatic heterocycles. The third-order valence-electron chi connectivity index (χ3n) is 5.99. The lowest BCUT2D eigenvalue weighted by Crippen LogP contribution is -2.35. The number of hydrogen-bond acceptors (Lipinski definition) is 6. The van der Waals surface area contributed by atoms with Gasteiger partial charge in [0.15, 0.2) is 5.17 Å². The van der Waals surface area contributed by atoms with Gasteiger partial charge in [-0.15, -0.1) is 18.3 Å². The highest BCUT2D eigenvalue weighted by Crippen LogP contribution is 2.33. The van der Waals surface area contributed by atoms with Gasteiger partial charge in [-0.3, -0.25) is 0 Å². The van der Waals surface area contributed by atoms with Gasteiger partial charge in [0.05, 0.1) is 19.0 Å². The smallest absolute Gasteiger partial charge is 0.497 e. The summed E-state index contributed by atoms with van der Waals surface area (Å²) >= 11 is 1.68. The molecule has 0 atom stereocenters. The quantitative estimate of drug-likeness (QED) is 0.183. The number of methoxy groups -OCH3 is 1. The molecule has 214 valence electrons. The van der Waals surface area contributed by atoms with Crippen LogP contribution >= 0.6 is 11.8 Å². The molecule has 1 aliphatic heterocycles. The number of alkyl halides is 3. The van der Waals surface area contributed by atoms with Crippen LogP contribution in [0.4, 0.5) is 24.5 Å². The van der Waals surface area contributed by atoms with E-state index in [1.54, 1.807) is 37.2 Å². The number of ether oxygens (including phenoxy) is 2. The van der Waals surface area contributed by atoms with Gasteiger partial charge in [-0.25, -0.2) is 9.98 Å². The van der Waals surface area contributed by atoms with Crippen molar-refractivity contribution in [1.82, 2.24) is 0 Å². The minimum atomic E-state index is -4.75. The highest BCUT2D eigenvalue weighted by molar-refractivity contribution is 8.14. The molecule has 0 saturated carbocycles. The van der Waals surface area contributed by atoms with Crippen molar-refractivity contribution in [2.45, 2.75) is 26.6 Å². The van der Waals surface area contributed by atoms with E-state index in [1.807, 2.05) is 24.3 Å². The van der Waals surface area contributed by atoms with Crippen LogP contribution in [0, 0.1) is 13.8 Å². The van der Waals surface area contributed by atoms with E-state index in [2.05, 4.69) is 43.7 Å². The van der Waals surface area contributed by atoms with E-state index in [1.165, 1.54) is 30.6 Å². The summed E-state index contributed by atoms with van der Waals surface area (Å²) in [7, 11) is 1.67. The Morgan fingerprint density at radius 1 is 1.00 bits per heavy atom. The molecule has 1 heterocycles. The van der Waals surface area contributed by atoms with Crippen LogP contribution in [0.15, 0.2) is 80.9 Å². The number of rotatable bonds is 8. The zero-order chi connectivity index (χ0) is 29.4. The number of halogens is 3. The Morgan fingerprint density at radius 3 is 2.32 bits per heavy atom.